The summed E-state index contributed by atoms with van der Waals surface area (Å²) in [6.07, 6.45) is 0.958. The minimum atomic E-state index is -0.581. The quantitative estimate of drug-likeness (QED) is 0.866. The van der Waals surface area contributed by atoms with Gasteiger partial charge in [0.25, 0.3) is 0 Å². The molecule has 1 aromatic rings. The van der Waals surface area contributed by atoms with Crippen molar-refractivity contribution in [1.82, 2.24) is 0 Å². The van der Waals surface area contributed by atoms with Crippen LogP contribution in [0.25, 0.3) is 0 Å². The molecule has 0 fully saturated rings. The number of halogens is 1. The summed E-state index contributed by atoms with van der Waals surface area (Å²) in [6.45, 7) is 1.99. The predicted molar refractivity (Wildman–Crippen MR) is 64.9 cm³/mol. The third-order valence-corrected chi connectivity index (χ3v) is 3.11. The highest BCUT2D eigenvalue weighted by Gasteiger charge is 2.08. The molecule has 3 heteroatoms. The molecule has 0 aliphatic rings. The van der Waals surface area contributed by atoms with Crippen molar-refractivity contribution in [3.63, 3.8) is 0 Å². The zero-order valence-corrected chi connectivity index (χ0v) is 10.4. The minimum absolute atomic E-state index is 0.146. The fraction of sp³-hybridized carbons (Fsp3) is 0.500. The van der Waals surface area contributed by atoms with Gasteiger partial charge in [-0.1, -0.05) is 35.0 Å². The molecule has 2 N–H and O–H groups in total. The van der Waals surface area contributed by atoms with E-state index in [1.807, 2.05) is 12.1 Å². The van der Waals surface area contributed by atoms with Crippen LogP contribution in [0.5, 0.6) is 0 Å². The second kappa shape index (κ2) is 6.26. The zero-order valence-electron chi connectivity index (χ0n) is 8.86. The molecule has 84 valence electrons. The molecule has 0 heterocycles. The average molecular weight is 273 g/mol. The van der Waals surface area contributed by atoms with Crippen LogP contribution in [0.1, 0.15) is 31.2 Å². The molecule has 2 nitrogen and oxygen atoms in total. The highest BCUT2D eigenvalue weighted by atomic mass is 79.9. The summed E-state index contributed by atoms with van der Waals surface area (Å²) in [5.41, 5.74) is 1.27. The van der Waals surface area contributed by atoms with Gasteiger partial charge >= 0.3 is 0 Å². The van der Waals surface area contributed by atoms with Gasteiger partial charge in [0.1, 0.15) is 0 Å². The zero-order chi connectivity index (χ0) is 11.3. The Balaban J connectivity index is 2.46. The fourth-order valence-corrected chi connectivity index (χ4v) is 1.76. The highest BCUT2D eigenvalue weighted by molar-refractivity contribution is 9.10. The van der Waals surface area contributed by atoms with Gasteiger partial charge in [-0.3, -0.25) is 0 Å². The number of aliphatic hydroxyl groups excluding tert-OH is 2. The van der Waals surface area contributed by atoms with Crippen LogP contribution < -0.4 is 0 Å². The Morgan fingerprint density at radius 2 is 1.80 bits per heavy atom. The number of aliphatic hydroxyl groups is 2. The minimum Gasteiger partial charge on any atom is -0.394 e. The maximum Gasteiger partial charge on any atom is 0.0771 e. The van der Waals surface area contributed by atoms with E-state index in [2.05, 4.69) is 35.0 Å². The van der Waals surface area contributed by atoms with Crippen LogP contribution in [0, 0.1) is 0 Å². The van der Waals surface area contributed by atoms with Crippen LogP contribution in [0.2, 0.25) is 0 Å². The first-order valence-corrected chi connectivity index (χ1v) is 5.97. The summed E-state index contributed by atoms with van der Waals surface area (Å²) in [5, 5.41) is 17.9. The van der Waals surface area contributed by atoms with Crippen LogP contribution in [0.4, 0.5) is 0 Å². The van der Waals surface area contributed by atoms with E-state index in [9.17, 15) is 5.11 Å². The van der Waals surface area contributed by atoms with Gasteiger partial charge in [0.05, 0.1) is 12.7 Å². The molecule has 0 bridgehead atoms. The Labute approximate surface area is 99.1 Å². The maximum absolute atomic E-state index is 9.24. The average Bonchev–Trinajstić information content (AvgIpc) is 2.26. The second-order valence-corrected chi connectivity index (χ2v) is 4.78. The van der Waals surface area contributed by atoms with E-state index in [1.165, 1.54) is 5.56 Å². The molecule has 0 saturated carbocycles. The first kappa shape index (κ1) is 12.7. The van der Waals surface area contributed by atoms with Crippen molar-refractivity contribution in [2.45, 2.75) is 31.8 Å². The SMILES string of the molecule is C[C@H](CCC(O)CO)c1ccc(Br)cc1. The molecular formula is C12H17BrO2. The fourth-order valence-electron chi connectivity index (χ4n) is 1.49. The van der Waals surface area contributed by atoms with Crippen molar-refractivity contribution in [3.8, 4) is 0 Å². The van der Waals surface area contributed by atoms with Crippen LogP contribution in [0.3, 0.4) is 0 Å². The molecule has 15 heavy (non-hydrogen) atoms. The third-order valence-electron chi connectivity index (χ3n) is 2.58. The molecule has 0 amide bonds. The van der Waals surface area contributed by atoms with Crippen molar-refractivity contribution >= 4 is 15.9 Å². The number of benzene rings is 1. The van der Waals surface area contributed by atoms with Gasteiger partial charge < -0.3 is 10.2 Å². The standard InChI is InChI=1S/C12H17BrO2/c1-9(2-7-12(15)8-14)10-3-5-11(13)6-4-10/h3-6,9,12,14-15H,2,7-8H2,1H3/t9-,12?/m1/s1. The van der Waals surface area contributed by atoms with E-state index in [0.29, 0.717) is 12.3 Å². The first-order chi connectivity index (χ1) is 7.13. The second-order valence-electron chi connectivity index (χ2n) is 3.87. The Bertz CT molecular complexity index is 284. The smallest absolute Gasteiger partial charge is 0.0771 e. The van der Waals surface area contributed by atoms with Crippen molar-refractivity contribution in [3.05, 3.63) is 34.3 Å². The predicted octanol–water partition coefficient (Wildman–Crippen LogP) is 2.69. The molecule has 0 aliphatic carbocycles. The number of rotatable bonds is 5. The van der Waals surface area contributed by atoms with Crippen molar-refractivity contribution in [2.75, 3.05) is 6.61 Å². The van der Waals surface area contributed by atoms with Gasteiger partial charge in [-0.25, -0.2) is 0 Å². The van der Waals surface area contributed by atoms with Crippen molar-refractivity contribution < 1.29 is 10.2 Å². The van der Waals surface area contributed by atoms with Crippen LogP contribution in [-0.4, -0.2) is 22.9 Å². The van der Waals surface area contributed by atoms with Crippen LogP contribution in [-0.2, 0) is 0 Å². The lowest BCUT2D eigenvalue weighted by Crippen LogP contribution is -2.12. The molecule has 0 spiro atoms. The Kier molecular flexibility index (Phi) is 5.29. The molecule has 0 aliphatic heterocycles. The first-order valence-electron chi connectivity index (χ1n) is 5.18. The molecule has 2 atom stereocenters. The number of hydrogen-bond donors (Lipinski definition) is 2. The molecule has 0 aromatic heterocycles. The molecule has 1 aromatic carbocycles. The Morgan fingerprint density at radius 3 is 2.33 bits per heavy atom. The Morgan fingerprint density at radius 1 is 1.20 bits per heavy atom. The van der Waals surface area contributed by atoms with Gasteiger partial charge in [0.15, 0.2) is 0 Å². The van der Waals surface area contributed by atoms with E-state index in [-0.39, 0.29) is 6.61 Å². The lowest BCUT2D eigenvalue weighted by molar-refractivity contribution is 0.0853. The van der Waals surface area contributed by atoms with Crippen molar-refractivity contribution in [1.29, 1.82) is 0 Å². The third kappa shape index (κ3) is 4.33. The summed E-state index contributed by atoms with van der Waals surface area (Å²) in [4.78, 5) is 0. The Hall–Kier alpha value is -0.380. The van der Waals surface area contributed by atoms with Crippen LogP contribution >= 0.6 is 15.9 Å². The van der Waals surface area contributed by atoms with Gasteiger partial charge in [-0.05, 0) is 36.5 Å². The van der Waals surface area contributed by atoms with Crippen molar-refractivity contribution in [2.24, 2.45) is 0 Å². The van der Waals surface area contributed by atoms with E-state index in [4.69, 9.17) is 5.11 Å². The largest absolute Gasteiger partial charge is 0.394 e. The summed E-state index contributed by atoms with van der Waals surface area (Å²) in [5.74, 6) is 0.416. The molecule has 0 radical (unpaired) electrons. The number of hydrogen-bond acceptors (Lipinski definition) is 2. The summed E-state index contributed by atoms with van der Waals surface area (Å²) in [6, 6.07) is 8.21. The van der Waals surface area contributed by atoms with E-state index in [0.717, 1.165) is 10.9 Å². The highest BCUT2D eigenvalue weighted by Crippen LogP contribution is 2.22. The summed E-state index contributed by atoms with van der Waals surface area (Å²) in [7, 11) is 0. The van der Waals surface area contributed by atoms with E-state index in [1.54, 1.807) is 0 Å². The monoisotopic (exact) mass is 272 g/mol. The molecule has 1 rings (SSSR count). The molecule has 0 saturated heterocycles. The lowest BCUT2D eigenvalue weighted by atomic mass is 9.95. The molecule has 1 unspecified atom stereocenters. The van der Waals surface area contributed by atoms with Gasteiger partial charge in [-0.2, -0.15) is 0 Å². The van der Waals surface area contributed by atoms with E-state index < -0.39 is 6.10 Å². The molecular weight excluding hydrogens is 256 g/mol. The lowest BCUT2D eigenvalue weighted by Gasteiger charge is -2.13. The van der Waals surface area contributed by atoms with E-state index >= 15 is 0 Å². The normalized spacial score (nSPS) is 14.9. The maximum atomic E-state index is 9.24. The van der Waals surface area contributed by atoms with Gasteiger partial charge in [0.2, 0.25) is 0 Å². The van der Waals surface area contributed by atoms with Gasteiger partial charge in [-0.15, -0.1) is 0 Å². The topological polar surface area (TPSA) is 40.5 Å². The van der Waals surface area contributed by atoms with Crippen LogP contribution in [0.15, 0.2) is 28.7 Å². The summed E-state index contributed by atoms with van der Waals surface area (Å²) < 4.78 is 1.08. The van der Waals surface area contributed by atoms with Gasteiger partial charge in [0, 0.05) is 4.47 Å². The summed E-state index contributed by atoms with van der Waals surface area (Å²) >= 11 is 3.39.